The first-order valence-electron chi connectivity index (χ1n) is 5.59. The van der Waals surface area contributed by atoms with Crippen LogP contribution in [0, 0.1) is 34.9 Å². The summed E-state index contributed by atoms with van der Waals surface area (Å²) in [6.45, 7) is 1.34. The maximum Gasteiger partial charge on any atom is 0.253 e. The Hall–Kier alpha value is -1.88. The van der Waals surface area contributed by atoms with Gasteiger partial charge in [-0.15, -0.1) is 0 Å². The fourth-order valence-electron chi connectivity index (χ4n) is 1.98. The van der Waals surface area contributed by atoms with E-state index in [1.165, 1.54) is 4.90 Å². The zero-order chi connectivity index (χ0) is 14.0. The lowest BCUT2D eigenvalue weighted by Gasteiger charge is -2.35. The molecule has 0 atom stereocenters. The molecule has 19 heavy (non-hydrogen) atoms. The van der Waals surface area contributed by atoms with Crippen LogP contribution < -0.4 is 4.90 Å². The molecule has 1 aliphatic rings. The molecule has 2 rings (SSSR count). The first kappa shape index (κ1) is 13.5. The number of rotatable bonds is 2. The van der Waals surface area contributed by atoms with Crippen molar-refractivity contribution in [3.05, 3.63) is 23.5 Å². The van der Waals surface area contributed by atoms with Crippen molar-refractivity contribution in [2.24, 2.45) is 0 Å². The van der Waals surface area contributed by atoms with E-state index in [1.54, 1.807) is 4.90 Å². The van der Waals surface area contributed by atoms with Crippen LogP contribution >= 0.6 is 0 Å². The molecule has 102 valence electrons. The van der Waals surface area contributed by atoms with Gasteiger partial charge in [0, 0.05) is 26.2 Å². The summed E-state index contributed by atoms with van der Waals surface area (Å²) in [5.41, 5.74) is -0.735. The third-order valence-electron chi connectivity index (χ3n) is 2.96. The first-order valence-corrected chi connectivity index (χ1v) is 5.59. The van der Waals surface area contributed by atoms with Crippen molar-refractivity contribution in [2.45, 2.75) is 0 Å². The van der Waals surface area contributed by atoms with Gasteiger partial charge in [-0.1, -0.05) is 0 Å². The van der Waals surface area contributed by atoms with Crippen molar-refractivity contribution < 1.29 is 17.6 Å². The van der Waals surface area contributed by atoms with Crippen LogP contribution in [0.5, 0.6) is 0 Å². The minimum absolute atomic E-state index is 0.179. The maximum absolute atomic E-state index is 13.5. The van der Waals surface area contributed by atoms with Gasteiger partial charge in [-0.05, 0) is 0 Å². The molecule has 1 aromatic rings. The number of aromatic nitrogens is 1. The van der Waals surface area contributed by atoms with Gasteiger partial charge >= 0.3 is 0 Å². The summed E-state index contributed by atoms with van der Waals surface area (Å²) in [6.07, 6.45) is 0. The van der Waals surface area contributed by atoms with Crippen LogP contribution in [0.15, 0.2) is 0 Å². The third-order valence-corrected chi connectivity index (χ3v) is 2.96. The molecule has 0 radical (unpaired) electrons. The standard InChI is InChI=1S/C11H10F4N4/c12-7-9(8(13)11(15)17-10(7)14)19-5-3-18(2-1-16)4-6-19/h2-6H2. The Labute approximate surface area is 106 Å². The van der Waals surface area contributed by atoms with Crippen molar-refractivity contribution in [2.75, 3.05) is 37.6 Å². The molecule has 8 heteroatoms. The quantitative estimate of drug-likeness (QED) is 0.463. The lowest BCUT2D eigenvalue weighted by atomic mass is 10.2. The van der Waals surface area contributed by atoms with Crippen LogP contribution in [-0.4, -0.2) is 42.6 Å². The molecular formula is C11H10F4N4. The highest BCUT2D eigenvalue weighted by molar-refractivity contribution is 5.49. The van der Waals surface area contributed by atoms with Gasteiger partial charge < -0.3 is 4.90 Å². The van der Waals surface area contributed by atoms with Crippen LogP contribution in [0.1, 0.15) is 0 Å². The molecule has 4 nitrogen and oxygen atoms in total. The lowest BCUT2D eigenvalue weighted by molar-refractivity contribution is 0.283. The van der Waals surface area contributed by atoms with E-state index in [0.717, 1.165) is 0 Å². The minimum Gasteiger partial charge on any atom is -0.364 e. The van der Waals surface area contributed by atoms with Gasteiger partial charge in [0.25, 0.3) is 11.9 Å². The van der Waals surface area contributed by atoms with E-state index in [9.17, 15) is 17.6 Å². The SMILES string of the molecule is N#CCN1CCN(c2c(F)c(F)nc(F)c2F)CC1. The Morgan fingerprint density at radius 2 is 1.53 bits per heavy atom. The van der Waals surface area contributed by atoms with E-state index >= 15 is 0 Å². The highest BCUT2D eigenvalue weighted by Crippen LogP contribution is 2.26. The monoisotopic (exact) mass is 274 g/mol. The van der Waals surface area contributed by atoms with Gasteiger partial charge in [0.2, 0.25) is 11.6 Å². The van der Waals surface area contributed by atoms with Crippen LogP contribution in [0.4, 0.5) is 23.2 Å². The molecule has 1 saturated heterocycles. The summed E-state index contributed by atoms with van der Waals surface area (Å²) in [4.78, 5) is 5.50. The fourth-order valence-corrected chi connectivity index (χ4v) is 1.98. The molecule has 0 saturated carbocycles. The van der Waals surface area contributed by atoms with E-state index < -0.39 is 29.2 Å². The minimum atomic E-state index is -1.66. The molecule has 2 heterocycles. The molecule has 0 amide bonds. The van der Waals surface area contributed by atoms with Crippen molar-refractivity contribution in [3.8, 4) is 6.07 Å². The summed E-state index contributed by atoms with van der Waals surface area (Å²) in [5.74, 6) is -6.30. The van der Waals surface area contributed by atoms with Crippen molar-refractivity contribution >= 4 is 5.69 Å². The van der Waals surface area contributed by atoms with Gasteiger partial charge in [0.05, 0.1) is 12.6 Å². The van der Waals surface area contributed by atoms with E-state index in [1.807, 2.05) is 6.07 Å². The number of hydrogen-bond donors (Lipinski definition) is 0. The average molecular weight is 274 g/mol. The Kier molecular flexibility index (Phi) is 3.85. The normalized spacial score (nSPS) is 16.5. The highest BCUT2D eigenvalue weighted by Gasteiger charge is 2.27. The smallest absolute Gasteiger partial charge is 0.253 e. The average Bonchev–Trinajstić information content (AvgIpc) is 2.39. The van der Waals surface area contributed by atoms with Crippen molar-refractivity contribution in [1.82, 2.24) is 9.88 Å². The van der Waals surface area contributed by atoms with Gasteiger partial charge in [-0.2, -0.15) is 27.8 Å². The lowest BCUT2D eigenvalue weighted by Crippen LogP contribution is -2.47. The van der Waals surface area contributed by atoms with Crippen LogP contribution in [0.25, 0.3) is 0 Å². The largest absolute Gasteiger partial charge is 0.364 e. The summed E-state index contributed by atoms with van der Waals surface area (Å²) in [5, 5.41) is 8.53. The Balaban J connectivity index is 2.23. The van der Waals surface area contributed by atoms with Crippen LogP contribution in [0.2, 0.25) is 0 Å². The predicted octanol–water partition coefficient (Wildman–Crippen LogP) is 1.28. The van der Waals surface area contributed by atoms with E-state index in [4.69, 9.17) is 5.26 Å². The van der Waals surface area contributed by atoms with E-state index in [-0.39, 0.29) is 19.6 Å². The molecule has 1 fully saturated rings. The van der Waals surface area contributed by atoms with Gasteiger partial charge in [-0.25, -0.2) is 0 Å². The van der Waals surface area contributed by atoms with Crippen LogP contribution in [0.3, 0.4) is 0 Å². The Bertz CT molecular complexity index is 494. The number of hydrogen-bond acceptors (Lipinski definition) is 4. The molecule has 0 bridgehead atoms. The van der Waals surface area contributed by atoms with Crippen molar-refractivity contribution in [3.63, 3.8) is 0 Å². The van der Waals surface area contributed by atoms with Crippen molar-refractivity contribution in [1.29, 1.82) is 5.26 Å². The van der Waals surface area contributed by atoms with E-state index in [0.29, 0.717) is 13.1 Å². The van der Waals surface area contributed by atoms with Crippen LogP contribution in [-0.2, 0) is 0 Å². The molecule has 0 aromatic carbocycles. The first-order chi connectivity index (χ1) is 9.04. The summed E-state index contributed by atoms with van der Waals surface area (Å²) >= 11 is 0. The van der Waals surface area contributed by atoms with Gasteiger partial charge in [-0.3, -0.25) is 4.90 Å². The Morgan fingerprint density at radius 1 is 1.00 bits per heavy atom. The fraction of sp³-hybridized carbons (Fsp3) is 0.455. The third kappa shape index (κ3) is 2.61. The number of pyridine rings is 1. The zero-order valence-electron chi connectivity index (χ0n) is 9.84. The number of halogens is 4. The predicted molar refractivity (Wildman–Crippen MR) is 58.3 cm³/mol. The van der Waals surface area contributed by atoms with Gasteiger partial charge in [0.1, 0.15) is 5.69 Å². The molecule has 1 aromatic heterocycles. The summed E-state index contributed by atoms with van der Waals surface area (Å²) in [7, 11) is 0. The van der Waals surface area contributed by atoms with E-state index in [2.05, 4.69) is 4.98 Å². The maximum atomic E-state index is 13.5. The number of nitriles is 1. The number of piperazine rings is 1. The highest BCUT2D eigenvalue weighted by atomic mass is 19.2. The second-order valence-electron chi connectivity index (χ2n) is 4.09. The summed E-state index contributed by atoms with van der Waals surface area (Å²) < 4.78 is 53.0. The molecule has 0 spiro atoms. The topological polar surface area (TPSA) is 43.2 Å². The number of nitrogens with zero attached hydrogens (tertiary/aromatic N) is 4. The molecule has 1 aliphatic heterocycles. The second-order valence-corrected chi connectivity index (χ2v) is 4.09. The zero-order valence-corrected chi connectivity index (χ0v) is 9.84. The molecule has 0 N–H and O–H groups in total. The number of anilines is 1. The molecule has 0 aliphatic carbocycles. The molecular weight excluding hydrogens is 264 g/mol. The Morgan fingerprint density at radius 3 is 2.00 bits per heavy atom. The van der Waals surface area contributed by atoms with Gasteiger partial charge in [0.15, 0.2) is 0 Å². The summed E-state index contributed by atoms with van der Waals surface area (Å²) in [6, 6.07) is 1.96. The second kappa shape index (κ2) is 5.40. The molecule has 0 unspecified atom stereocenters.